The van der Waals surface area contributed by atoms with Crippen LogP contribution in [0.4, 0.5) is 18.9 Å². The van der Waals surface area contributed by atoms with Crippen molar-refractivity contribution in [2.75, 3.05) is 32.7 Å². The number of hydrogen-bond donors (Lipinski definition) is 0. The average Bonchev–Trinajstić information content (AvgIpc) is 3.13. The fourth-order valence-electron chi connectivity index (χ4n) is 3.62. The van der Waals surface area contributed by atoms with Gasteiger partial charge in [0.2, 0.25) is 11.8 Å². The third-order valence-corrected chi connectivity index (χ3v) is 5.20. The van der Waals surface area contributed by atoms with Crippen LogP contribution < -0.4 is 14.4 Å². The van der Waals surface area contributed by atoms with E-state index in [9.17, 15) is 22.8 Å². The van der Waals surface area contributed by atoms with E-state index in [0.717, 1.165) is 12.1 Å². The van der Waals surface area contributed by atoms with E-state index in [-0.39, 0.29) is 31.3 Å². The van der Waals surface area contributed by atoms with Crippen molar-refractivity contribution in [3.8, 4) is 11.5 Å². The van der Waals surface area contributed by atoms with Gasteiger partial charge in [-0.3, -0.25) is 9.59 Å². The molecule has 0 aromatic heterocycles. The van der Waals surface area contributed by atoms with Crippen molar-refractivity contribution < 1.29 is 32.2 Å². The third-order valence-electron chi connectivity index (χ3n) is 5.20. The highest BCUT2D eigenvalue weighted by atomic mass is 19.4. The zero-order valence-corrected chi connectivity index (χ0v) is 17.4. The van der Waals surface area contributed by atoms with E-state index >= 15 is 0 Å². The first kappa shape index (κ1) is 22.5. The Morgan fingerprint density at radius 1 is 1.16 bits per heavy atom. The Kier molecular flexibility index (Phi) is 6.42. The van der Waals surface area contributed by atoms with Gasteiger partial charge in [-0.1, -0.05) is 12.1 Å². The van der Waals surface area contributed by atoms with Crippen molar-refractivity contribution in [1.29, 1.82) is 0 Å². The summed E-state index contributed by atoms with van der Waals surface area (Å²) in [7, 11) is 4.51. The maximum absolute atomic E-state index is 12.9. The molecule has 3 rings (SSSR count). The van der Waals surface area contributed by atoms with Gasteiger partial charge in [0.25, 0.3) is 0 Å². The molecular weight excluding hydrogens is 413 g/mol. The molecule has 0 aliphatic carbocycles. The van der Waals surface area contributed by atoms with E-state index in [4.69, 9.17) is 9.47 Å². The quantitative estimate of drug-likeness (QED) is 0.693. The summed E-state index contributed by atoms with van der Waals surface area (Å²) < 4.78 is 49.3. The zero-order valence-electron chi connectivity index (χ0n) is 17.4. The number of nitrogens with zero attached hydrogens (tertiary/aromatic N) is 2. The Morgan fingerprint density at radius 3 is 2.55 bits per heavy atom. The van der Waals surface area contributed by atoms with Crippen molar-refractivity contribution in [3.05, 3.63) is 53.6 Å². The van der Waals surface area contributed by atoms with E-state index in [1.54, 1.807) is 18.2 Å². The summed E-state index contributed by atoms with van der Waals surface area (Å²) in [5.41, 5.74) is 0.0992. The van der Waals surface area contributed by atoms with Gasteiger partial charge in [0.05, 0.1) is 31.4 Å². The number of anilines is 1. The van der Waals surface area contributed by atoms with E-state index < -0.39 is 17.7 Å². The van der Waals surface area contributed by atoms with E-state index in [0.29, 0.717) is 22.7 Å². The topological polar surface area (TPSA) is 59.1 Å². The molecule has 1 saturated heterocycles. The number of carbonyl (C=O) groups excluding carboxylic acids is 2. The van der Waals surface area contributed by atoms with Gasteiger partial charge in [0, 0.05) is 32.6 Å². The minimum absolute atomic E-state index is 0.00608. The number of rotatable bonds is 6. The summed E-state index contributed by atoms with van der Waals surface area (Å²) in [5.74, 6) is -0.147. The Morgan fingerprint density at radius 2 is 1.90 bits per heavy atom. The molecule has 1 atom stereocenters. The third kappa shape index (κ3) is 4.92. The Bertz CT molecular complexity index is 977. The molecule has 1 heterocycles. The highest BCUT2D eigenvalue weighted by Gasteiger charge is 2.38. The predicted octanol–water partition coefficient (Wildman–Crippen LogP) is 3.73. The first-order chi connectivity index (χ1) is 14.6. The molecule has 0 N–H and O–H groups in total. The summed E-state index contributed by atoms with van der Waals surface area (Å²) in [6.45, 7) is 0.157. The molecule has 1 unspecified atom stereocenters. The molecular formula is C22H23F3N2O4. The molecule has 9 heteroatoms. The second-order valence-electron chi connectivity index (χ2n) is 7.34. The Hall–Kier alpha value is -3.23. The van der Waals surface area contributed by atoms with Gasteiger partial charge in [-0.05, 0) is 29.8 Å². The molecule has 6 nitrogen and oxygen atoms in total. The van der Waals surface area contributed by atoms with Gasteiger partial charge in [-0.15, -0.1) is 0 Å². The molecule has 0 spiro atoms. The van der Waals surface area contributed by atoms with Crippen LogP contribution in [0.1, 0.15) is 17.5 Å². The van der Waals surface area contributed by atoms with Crippen molar-refractivity contribution >= 4 is 17.5 Å². The lowest BCUT2D eigenvalue weighted by Gasteiger charge is -2.23. The number of hydrogen-bond acceptors (Lipinski definition) is 4. The highest BCUT2D eigenvalue weighted by molar-refractivity contribution is 6.01. The van der Waals surface area contributed by atoms with Crippen LogP contribution in [0.15, 0.2) is 42.5 Å². The lowest BCUT2D eigenvalue weighted by atomic mass is 10.1. The minimum atomic E-state index is -4.45. The van der Waals surface area contributed by atoms with Crippen LogP contribution in [0.5, 0.6) is 11.5 Å². The van der Waals surface area contributed by atoms with Crippen molar-refractivity contribution in [1.82, 2.24) is 4.90 Å². The van der Waals surface area contributed by atoms with Crippen LogP contribution >= 0.6 is 0 Å². The largest absolute Gasteiger partial charge is 0.497 e. The summed E-state index contributed by atoms with van der Waals surface area (Å²) >= 11 is 0. The number of ether oxygens (including phenoxy) is 2. The number of benzene rings is 2. The van der Waals surface area contributed by atoms with Crippen LogP contribution in [-0.4, -0.2) is 44.5 Å². The lowest BCUT2D eigenvalue weighted by molar-refractivity contribution is -0.137. The predicted molar refractivity (Wildman–Crippen MR) is 108 cm³/mol. The first-order valence-corrected chi connectivity index (χ1v) is 9.57. The van der Waals surface area contributed by atoms with E-state index in [1.807, 2.05) is 0 Å². The molecule has 2 aromatic carbocycles. The maximum atomic E-state index is 12.9. The highest BCUT2D eigenvalue weighted by Crippen LogP contribution is 2.36. The molecule has 166 valence electrons. The second-order valence-corrected chi connectivity index (χ2v) is 7.34. The van der Waals surface area contributed by atoms with Crippen LogP contribution in [0, 0.1) is 5.92 Å². The standard InChI is InChI=1S/C22H23F3N2O4/c1-26(12-14-5-4-6-16(9-14)22(23,24)25)21(29)15-10-20(28)27(13-15)18-11-17(30-2)7-8-19(18)31-3/h4-9,11,15H,10,12-13H2,1-3H3. The van der Waals surface area contributed by atoms with Crippen molar-refractivity contribution in [3.63, 3.8) is 0 Å². The van der Waals surface area contributed by atoms with Crippen LogP contribution in [0.25, 0.3) is 0 Å². The average molecular weight is 436 g/mol. The van der Waals surface area contributed by atoms with Gasteiger partial charge in [-0.25, -0.2) is 0 Å². The van der Waals surface area contributed by atoms with Gasteiger partial charge in [-0.2, -0.15) is 13.2 Å². The summed E-state index contributed by atoms with van der Waals surface area (Å²) in [5, 5.41) is 0. The van der Waals surface area contributed by atoms with Crippen molar-refractivity contribution in [2.24, 2.45) is 5.92 Å². The number of carbonyl (C=O) groups is 2. The first-order valence-electron chi connectivity index (χ1n) is 9.57. The molecule has 0 saturated carbocycles. The Balaban J connectivity index is 1.73. The normalized spacial score (nSPS) is 16.4. The molecule has 1 aliphatic heterocycles. The molecule has 1 fully saturated rings. The molecule has 2 amide bonds. The number of halogens is 3. The summed E-state index contributed by atoms with van der Waals surface area (Å²) in [4.78, 5) is 28.3. The Labute approximate surface area is 178 Å². The maximum Gasteiger partial charge on any atom is 0.416 e. The molecule has 31 heavy (non-hydrogen) atoms. The van der Waals surface area contributed by atoms with E-state index in [1.165, 1.54) is 43.2 Å². The SMILES string of the molecule is COc1ccc(OC)c(N2CC(C(=O)N(C)Cc3cccc(C(F)(F)F)c3)CC2=O)c1. The van der Waals surface area contributed by atoms with E-state index in [2.05, 4.69) is 0 Å². The lowest BCUT2D eigenvalue weighted by Crippen LogP contribution is -2.34. The second kappa shape index (κ2) is 8.87. The van der Waals surface area contributed by atoms with Gasteiger partial charge < -0.3 is 19.3 Å². The van der Waals surface area contributed by atoms with Gasteiger partial charge in [0.1, 0.15) is 11.5 Å². The van der Waals surface area contributed by atoms with Crippen LogP contribution in [0.3, 0.4) is 0 Å². The van der Waals surface area contributed by atoms with Gasteiger partial charge in [0.15, 0.2) is 0 Å². The number of methoxy groups -OCH3 is 2. The molecule has 0 bridgehead atoms. The van der Waals surface area contributed by atoms with Crippen LogP contribution in [0.2, 0.25) is 0 Å². The smallest absolute Gasteiger partial charge is 0.416 e. The van der Waals surface area contributed by atoms with Gasteiger partial charge >= 0.3 is 6.18 Å². The zero-order chi connectivity index (χ0) is 22.8. The fraction of sp³-hybridized carbons (Fsp3) is 0.364. The summed E-state index contributed by atoms with van der Waals surface area (Å²) in [6.07, 6.45) is -4.45. The monoisotopic (exact) mass is 436 g/mol. The molecule has 1 aliphatic rings. The number of amides is 2. The summed E-state index contributed by atoms with van der Waals surface area (Å²) in [6, 6.07) is 9.90. The minimum Gasteiger partial charge on any atom is -0.497 e. The van der Waals surface area contributed by atoms with Crippen molar-refractivity contribution in [2.45, 2.75) is 19.1 Å². The fourth-order valence-corrected chi connectivity index (χ4v) is 3.62. The molecule has 0 radical (unpaired) electrons. The molecule has 2 aromatic rings. The van der Waals surface area contributed by atoms with Crippen LogP contribution in [-0.2, 0) is 22.3 Å². The number of alkyl halides is 3.